The van der Waals surface area contributed by atoms with E-state index in [0.717, 1.165) is 28.9 Å². The van der Waals surface area contributed by atoms with Gasteiger partial charge in [0.25, 0.3) is 0 Å². The standard InChI is InChI=1S/C27H24N6O2S/c1-3-19-6-4-5-7-23(19)33-24(34)16-36-27(33)30-26(35)29-21-12-10-20(11-13-21)25-28-17-32(31-25)22-14-8-18(2)9-15-22/h4-15,17H,3,16H2,1-2H3,(H,29,35)/b30-27-. The van der Waals surface area contributed by atoms with Crippen LogP contribution in [-0.2, 0) is 11.2 Å². The number of thioether (sulfide) groups is 1. The van der Waals surface area contributed by atoms with Gasteiger partial charge in [-0.1, -0.05) is 54.6 Å². The molecule has 3 amide bonds. The molecule has 3 aromatic carbocycles. The average molecular weight is 497 g/mol. The molecule has 1 fully saturated rings. The highest BCUT2D eigenvalue weighted by Crippen LogP contribution is 2.30. The van der Waals surface area contributed by atoms with Gasteiger partial charge in [-0.15, -0.1) is 5.10 Å². The number of nitrogens with one attached hydrogen (secondary N) is 1. The van der Waals surface area contributed by atoms with Crippen LogP contribution in [0.25, 0.3) is 17.1 Å². The molecule has 0 atom stereocenters. The van der Waals surface area contributed by atoms with E-state index in [2.05, 4.69) is 20.4 Å². The minimum Gasteiger partial charge on any atom is -0.306 e. The monoisotopic (exact) mass is 496 g/mol. The van der Waals surface area contributed by atoms with Gasteiger partial charge in [0, 0.05) is 11.3 Å². The van der Waals surface area contributed by atoms with Crippen molar-refractivity contribution in [1.29, 1.82) is 0 Å². The number of para-hydroxylation sites is 1. The summed E-state index contributed by atoms with van der Waals surface area (Å²) in [6, 6.07) is 22.4. The van der Waals surface area contributed by atoms with Crippen LogP contribution >= 0.6 is 11.8 Å². The largest absolute Gasteiger partial charge is 0.347 e. The number of anilines is 2. The highest BCUT2D eigenvalue weighted by molar-refractivity contribution is 8.15. The normalized spacial score (nSPS) is 14.4. The third-order valence-corrected chi connectivity index (χ3v) is 6.68. The van der Waals surface area contributed by atoms with E-state index in [1.165, 1.54) is 22.2 Å². The van der Waals surface area contributed by atoms with Gasteiger partial charge in [-0.25, -0.2) is 14.5 Å². The Bertz CT molecular complexity index is 1440. The van der Waals surface area contributed by atoms with Crippen LogP contribution in [0.1, 0.15) is 18.1 Å². The van der Waals surface area contributed by atoms with Crippen LogP contribution in [0.2, 0.25) is 0 Å². The number of urea groups is 1. The van der Waals surface area contributed by atoms with Gasteiger partial charge < -0.3 is 5.32 Å². The van der Waals surface area contributed by atoms with Crippen molar-refractivity contribution in [3.05, 3.63) is 90.3 Å². The topological polar surface area (TPSA) is 92.5 Å². The third kappa shape index (κ3) is 4.92. The van der Waals surface area contributed by atoms with E-state index in [1.807, 2.05) is 74.5 Å². The van der Waals surface area contributed by atoms with E-state index in [9.17, 15) is 9.59 Å². The van der Waals surface area contributed by atoms with Gasteiger partial charge in [-0.05, 0) is 61.4 Å². The summed E-state index contributed by atoms with van der Waals surface area (Å²) < 4.78 is 1.73. The number of hydrogen-bond donors (Lipinski definition) is 1. The number of carbonyl (C=O) groups excluding carboxylic acids is 2. The quantitative estimate of drug-likeness (QED) is 0.395. The van der Waals surface area contributed by atoms with Crippen molar-refractivity contribution in [2.45, 2.75) is 20.3 Å². The van der Waals surface area contributed by atoms with Crippen molar-refractivity contribution in [3.63, 3.8) is 0 Å². The maximum atomic E-state index is 12.7. The lowest BCUT2D eigenvalue weighted by Crippen LogP contribution is -2.31. The molecule has 0 saturated carbocycles. The number of aliphatic imine (C=N–C) groups is 1. The van der Waals surface area contributed by atoms with E-state index < -0.39 is 6.03 Å². The summed E-state index contributed by atoms with van der Waals surface area (Å²) in [5.41, 5.74) is 5.31. The fourth-order valence-electron chi connectivity index (χ4n) is 3.87. The van der Waals surface area contributed by atoms with Crippen LogP contribution in [0.4, 0.5) is 16.2 Å². The summed E-state index contributed by atoms with van der Waals surface area (Å²) in [6.45, 7) is 4.07. The van der Waals surface area contributed by atoms with Gasteiger partial charge in [-0.2, -0.15) is 4.99 Å². The smallest absolute Gasteiger partial charge is 0.306 e. The molecule has 0 bridgehead atoms. The molecule has 1 aromatic heterocycles. The Morgan fingerprint density at radius 1 is 1.06 bits per heavy atom. The Labute approximate surface area is 213 Å². The number of benzene rings is 3. The van der Waals surface area contributed by atoms with E-state index in [4.69, 9.17) is 0 Å². The van der Waals surface area contributed by atoms with E-state index in [0.29, 0.717) is 16.7 Å². The summed E-state index contributed by atoms with van der Waals surface area (Å²) >= 11 is 1.26. The van der Waals surface area contributed by atoms with Gasteiger partial charge in [0.15, 0.2) is 11.0 Å². The van der Waals surface area contributed by atoms with Gasteiger partial charge >= 0.3 is 6.03 Å². The minimum absolute atomic E-state index is 0.0885. The zero-order valence-electron chi connectivity index (χ0n) is 19.9. The minimum atomic E-state index is -0.541. The second-order valence-corrected chi connectivity index (χ2v) is 9.19. The van der Waals surface area contributed by atoms with Crippen molar-refractivity contribution in [2.24, 2.45) is 4.99 Å². The molecular formula is C27H24N6O2S. The van der Waals surface area contributed by atoms with Crippen molar-refractivity contribution in [2.75, 3.05) is 16.0 Å². The van der Waals surface area contributed by atoms with Gasteiger partial charge in [0.05, 0.1) is 17.1 Å². The number of amides is 3. The van der Waals surface area contributed by atoms with Crippen LogP contribution in [0, 0.1) is 6.92 Å². The predicted octanol–water partition coefficient (Wildman–Crippen LogP) is 5.47. The fourth-order valence-corrected chi connectivity index (χ4v) is 4.73. The number of hydrogen-bond acceptors (Lipinski definition) is 5. The molecule has 36 heavy (non-hydrogen) atoms. The molecule has 0 aliphatic carbocycles. The number of amidine groups is 1. The molecule has 2 heterocycles. The molecule has 9 heteroatoms. The van der Waals surface area contributed by atoms with Gasteiger partial charge in [0.2, 0.25) is 5.91 Å². The molecule has 1 aliphatic heterocycles. The van der Waals surface area contributed by atoms with E-state index in [1.54, 1.807) is 23.1 Å². The maximum absolute atomic E-state index is 12.7. The van der Waals surface area contributed by atoms with Crippen molar-refractivity contribution in [1.82, 2.24) is 14.8 Å². The zero-order valence-corrected chi connectivity index (χ0v) is 20.7. The molecule has 0 radical (unpaired) electrons. The maximum Gasteiger partial charge on any atom is 0.347 e. The first-order valence-corrected chi connectivity index (χ1v) is 12.5. The number of rotatable bonds is 5. The van der Waals surface area contributed by atoms with E-state index >= 15 is 0 Å². The Morgan fingerprint density at radius 3 is 2.56 bits per heavy atom. The van der Waals surface area contributed by atoms with Crippen LogP contribution < -0.4 is 10.2 Å². The summed E-state index contributed by atoms with van der Waals surface area (Å²) in [5.74, 6) is 0.746. The predicted molar refractivity (Wildman–Crippen MR) is 144 cm³/mol. The fraction of sp³-hybridized carbons (Fsp3) is 0.148. The molecule has 4 aromatic rings. The number of aryl methyl sites for hydroxylation is 2. The summed E-state index contributed by atoms with van der Waals surface area (Å²) in [5, 5.41) is 7.71. The Balaban J connectivity index is 1.29. The Hall–Kier alpha value is -4.24. The van der Waals surface area contributed by atoms with Crippen molar-refractivity contribution >= 4 is 40.2 Å². The molecule has 0 unspecified atom stereocenters. The highest BCUT2D eigenvalue weighted by Gasteiger charge is 2.31. The highest BCUT2D eigenvalue weighted by atomic mass is 32.2. The number of aromatic nitrogens is 3. The first-order valence-electron chi connectivity index (χ1n) is 11.5. The Morgan fingerprint density at radius 2 is 1.81 bits per heavy atom. The van der Waals surface area contributed by atoms with Crippen LogP contribution in [0.5, 0.6) is 0 Å². The first-order chi connectivity index (χ1) is 17.5. The van der Waals surface area contributed by atoms with Crippen LogP contribution in [-0.4, -0.2) is 37.6 Å². The number of carbonyl (C=O) groups is 2. The lowest BCUT2D eigenvalue weighted by molar-refractivity contribution is -0.115. The van der Waals surface area contributed by atoms with Crippen LogP contribution in [0.3, 0.4) is 0 Å². The zero-order chi connectivity index (χ0) is 25.1. The molecule has 1 saturated heterocycles. The average Bonchev–Trinajstić information content (AvgIpc) is 3.52. The lowest BCUT2D eigenvalue weighted by Gasteiger charge is -2.19. The molecular weight excluding hydrogens is 472 g/mol. The second kappa shape index (κ2) is 10.2. The van der Waals surface area contributed by atoms with E-state index in [-0.39, 0.29) is 11.7 Å². The molecule has 1 N–H and O–H groups in total. The molecule has 180 valence electrons. The molecule has 0 spiro atoms. The van der Waals surface area contributed by atoms with Crippen molar-refractivity contribution < 1.29 is 9.59 Å². The molecule has 8 nitrogen and oxygen atoms in total. The lowest BCUT2D eigenvalue weighted by atomic mass is 10.1. The van der Waals surface area contributed by atoms with Gasteiger partial charge in [-0.3, -0.25) is 9.69 Å². The summed E-state index contributed by atoms with van der Waals surface area (Å²) in [7, 11) is 0. The molecule has 5 rings (SSSR count). The third-order valence-electron chi connectivity index (χ3n) is 5.76. The van der Waals surface area contributed by atoms with Gasteiger partial charge in [0.1, 0.15) is 6.33 Å². The molecule has 1 aliphatic rings. The first kappa shape index (κ1) is 23.5. The summed E-state index contributed by atoms with van der Waals surface area (Å²) in [4.78, 5) is 35.3. The summed E-state index contributed by atoms with van der Waals surface area (Å²) in [6.07, 6.45) is 2.45. The van der Waals surface area contributed by atoms with Crippen molar-refractivity contribution in [3.8, 4) is 17.1 Å². The second-order valence-electron chi connectivity index (χ2n) is 8.25. The SMILES string of the molecule is CCc1ccccc1N1C(=O)CS/C1=N\C(=O)Nc1ccc(-c2ncn(-c3ccc(C)cc3)n2)cc1. The van der Waals surface area contributed by atoms with Crippen LogP contribution in [0.15, 0.2) is 84.1 Å². The Kier molecular flexibility index (Phi) is 6.64. The number of nitrogens with zero attached hydrogens (tertiary/aromatic N) is 5.